The van der Waals surface area contributed by atoms with Gasteiger partial charge in [-0.25, -0.2) is 8.78 Å². The molecule has 0 aliphatic rings. The molecule has 0 bridgehead atoms. The molecule has 1 aromatic rings. The van der Waals surface area contributed by atoms with E-state index in [0.717, 1.165) is 12.1 Å². The SMILES string of the molecule is CC(O)C(C)(C)NCC(O)c1ccc(F)c(F)c1. The lowest BCUT2D eigenvalue weighted by molar-refractivity contribution is 0.0803. The average Bonchev–Trinajstić information content (AvgIpc) is 2.29. The zero-order chi connectivity index (χ0) is 13.9. The molecular formula is C13H19F2NO2. The maximum absolute atomic E-state index is 13.0. The Balaban J connectivity index is 2.66. The molecule has 1 rings (SSSR count). The van der Waals surface area contributed by atoms with Crippen molar-refractivity contribution in [3.63, 3.8) is 0 Å². The van der Waals surface area contributed by atoms with Gasteiger partial charge in [-0.2, -0.15) is 0 Å². The number of hydrogen-bond acceptors (Lipinski definition) is 3. The molecule has 0 saturated heterocycles. The number of nitrogens with one attached hydrogen (secondary N) is 1. The maximum atomic E-state index is 13.0. The van der Waals surface area contributed by atoms with Crippen molar-refractivity contribution in [1.82, 2.24) is 5.32 Å². The summed E-state index contributed by atoms with van der Waals surface area (Å²) in [7, 11) is 0. The van der Waals surface area contributed by atoms with Crippen LogP contribution in [0.5, 0.6) is 0 Å². The third kappa shape index (κ3) is 3.73. The number of hydrogen-bond donors (Lipinski definition) is 3. The Morgan fingerprint density at radius 2 is 1.83 bits per heavy atom. The standard InChI is InChI=1S/C13H19F2NO2/c1-8(17)13(2,3)16-7-12(18)9-4-5-10(14)11(15)6-9/h4-6,8,12,16-18H,7H2,1-3H3. The van der Waals surface area contributed by atoms with Gasteiger partial charge in [-0.1, -0.05) is 6.07 Å². The Morgan fingerprint density at radius 3 is 2.33 bits per heavy atom. The minimum Gasteiger partial charge on any atom is -0.392 e. The zero-order valence-electron chi connectivity index (χ0n) is 10.7. The summed E-state index contributed by atoms with van der Waals surface area (Å²) >= 11 is 0. The number of aliphatic hydroxyl groups is 2. The topological polar surface area (TPSA) is 52.5 Å². The van der Waals surface area contributed by atoms with Crippen LogP contribution >= 0.6 is 0 Å². The smallest absolute Gasteiger partial charge is 0.159 e. The molecular weight excluding hydrogens is 240 g/mol. The van der Waals surface area contributed by atoms with Crippen LogP contribution in [0.2, 0.25) is 0 Å². The van der Waals surface area contributed by atoms with E-state index in [1.54, 1.807) is 20.8 Å². The van der Waals surface area contributed by atoms with E-state index in [1.807, 2.05) is 0 Å². The molecule has 0 aromatic heterocycles. The molecule has 2 atom stereocenters. The van der Waals surface area contributed by atoms with E-state index in [2.05, 4.69) is 5.32 Å². The lowest BCUT2D eigenvalue weighted by Crippen LogP contribution is -2.49. The van der Waals surface area contributed by atoms with E-state index in [0.29, 0.717) is 5.56 Å². The third-order valence-electron chi connectivity index (χ3n) is 3.12. The normalized spacial score (nSPS) is 15.5. The van der Waals surface area contributed by atoms with Gasteiger partial charge in [0.1, 0.15) is 0 Å². The van der Waals surface area contributed by atoms with Gasteiger partial charge in [0.15, 0.2) is 11.6 Å². The maximum Gasteiger partial charge on any atom is 0.159 e. The first-order chi connectivity index (χ1) is 8.24. The third-order valence-corrected chi connectivity index (χ3v) is 3.12. The quantitative estimate of drug-likeness (QED) is 0.755. The Kier molecular flexibility index (Phi) is 4.78. The van der Waals surface area contributed by atoms with E-state index in [9.17, 15) is 19.0 Å². The van der Waals surface area contributed by atoms with Crippen molar-refractivity contribution in [2.45, 2.75) is 38.5 Å². The molecule has 102 valence electrons. The van der Waals surface area contributed by atoms with Crippen LogP contribution in [0.4, 0.5) is 8.78 Å². The molecule has 3 nitrogen and oxygen atoms in total. The van der Waals surface area contributed by atoms with Crippen molar-refractivity contribution in [2.24, 2.45) is 0 Å². The number of benzene rings is 1. The highest BCUT2D eigenvalue weighted by molar-refractivity contribution is 5.20. The van der Waals surface area contributed by atoms with Gasteiger partial charge in [0, 0.05) is 12.1 Å². The van der Waals surface area contributed by atoms with Gasteiger partial charge in [0.05, 0.1) is 12.2 Å². The van der Waals surface area contributed by atoms with E-state index in [-0.39, 0.29) is 6.54 Å². The fraction of sp³-hybridized carbons (Fsp3) is 0.538. The summed E-state index contributed by atoms with van der Waals surface area (Å²) in [6.45, 7) is 5.35. The summed E-state index contributed by atoms with van der Waals surface area (Å²) in [5.41, 5.74) is -0.276. The number of rotatable bonds is 5. The molecule has 2 unspecified atom stereocenters. The first-order valence-corrected chi connectivity index (χ1v) is 5.80. The molecule has 0 amide bonds. The van der Waals surface area contributed by atoms with Gasteiger partial charge in [-0.15, -0.1) is 0 Å². The highest BCUT2D eigenvalue weighted by Crippen LogP contribution is 2.17. The monoisotopic (exact) mass is 259 g/mol. The molecule has 5 heteroatoms. The van der Waals surface area contributed by atoms with Gasteiger partial charge in [0.25, 0.3) is 0 Å². The fourth-order valence-electron chi connectivity index (χ4n) is 1.34. The highest BCUT2D eigenvalue weighted by Gasteiger charge is 2.24. The minimum atomic E-state index is -0.985. The first kappa shape index (κ1) is 15.0. The fourth-order valence-corrected chi connectivity index (χ4v) is 1.34. The summed E-state index contributed by atoms with van der Waals surface area (Å²) in [6.07, 6.45) is -1.56. The lowest BCUT2D eigenvalue weighted by atomic mass is 9.98. The Morgan fingerprint density at radius 1 is 1.22 bits per heavy atom. The van der Waals surface area contributed by atoms with E-state index < -0.39 is 29.4 Å². The Bertz CT molecular complexity index is 408. The molecule has 0 radical (unpaired) electrons. The van der Waals surface area contributed by atoms with Crippen LogP contribution in [-0.2, 0) is 0 Å². The van der Waals surface area contributed by atoms with Gasteiger partial charge >= 0.3 is 0 Å². The van der Waals surface area contributed by atoms with Gasteiger partial charge in [0.2, 0.25) is 0 Å². The van der Waals surface area contributed by atoms with Crippen molar-refractivity contribution in [1.29, 1.82) is 0 Å². The largest absolute Gasteiger partial charge is 0.392 e. The van der Waals surface area contributed by atoms with E-state index >= 15 is 0 Å². The van der Waals surface area contributed by atoms with E-state index in [1.165, 1.54) is 6.07 Å². The summed E-state index contributed by atoms with van der Waals surface area (Å²) in [5, 5.41) is 22.3. The minimum absolute atomic E-state index is 0.142. The Hall–Kier alpha value is -1.04. The van der Waals surface area contributed by atoms with Crippen molar-refractivity contribution < 1.29 is 19.0 Å². The molecule has 0 fully saturated rings. The van der Waals surface area contributed by atoms with Crippen molar-refractivity contribution in [2.75, 3.05) is 6.54 Å². The Labute approximate surface area is 105 Å². The second-order valence-corrected chi connectivity index (χ2v) is 4.97. The molecule has 1 aromatic carbocycles. The van der Waals surface area contributed by atoms with Gasteiger partial charge in [-0.3, -0.25) is 0 Å². The highest BCUT2D eigenvalue weighted by atomic mass is 19.2. The van der Waals surface area contributed by atoms with Crippen LogP contribution in [0.25, 0.3) is 0 Å². The molecule has 0 saturated carbocycles. The molecule has 0 aliphatic heterocycles. The van der Waals surface area contributed by atoms with Crippen LogP contribution in [0.3, 0.4) is 0 Å². The van der Waals surface area contributed by atoms with Crippen LogP contribution in [0.1, 0.15) is 32.4 Å². The second kappa shape index (κ2) is 5.73. The van der Waals surface area contributed by atoms with Gasteiger partial charge < -0.3 is 15.5 Å². The van der Waals surface area contributed by atoms with E-state index in [4.69, 9.17) is 0 Å². The molecule has 0 heterocycles. The zero-order valence-corrected chi connectivity index (χ0v) is 10.7. The molecule has 0 aliphatic carbocycles. The van der Waals surface area contributed by atoms with Crippen LogP contribution in [0, 0.1) is 11.6 Å². The average molecular weight is 259 g/mol. The molecule has 3 N–H and O–H groups in total. The molecule has 18 heavy (non-hydrogen) atoms. The number of halogens is 2. The van der Waals surface area contributed by atoms with Crippen LogP contribution < -0.4 is 5.32 Å². The summed E-state index contributed by atoms with van der Waals surface area (Å²) < 4.78 is 25.7. The second-order valence-electron chi connectivity index (χ2n) is 4.97. The van der Waals surface area contributed by atoms with Crippen molar-refractivity contribution in [3.05, 3.63) is 35.4 Å². The number of β-amino-alcohol motifs (C(OH)–C–C–N with tert-alkyl or cyclic N) is 1. The summed E-state index contributed by atoms with van der Waals surface area (Å²) in [4.78, 5) is 0. The number of aliphatic hydroxyl groups excluding tert-OH is 2. The first-order valence-electron chi connectivity index (χ1n) is 5.80. The van der Waals surface area contributed by atoms with Crippen LogP contribution in [0.15, 0.2) is 18.2 Å². The molecule has 0 spiro atoms. The predicted octanol–water partition coefficient (Wildman–Crippen LogP) is 1.75. The van der Waals surface area contributed by atoms with Crippen molar-refractivity contribution >= 4 is 0 Å². The lowest BCUT2D eigenvalue weighted by Gasteiger charge is -2.30. The summed E-state index contributed by atoms with van der Waals surface area (Å²) in [6, 6.07) is 3.28. The van der Waals surface area contributed by atoms with Gasteiger partial charge in [-0.05, 0) is 38.5 Å². The van der Waals surface area contributed by atoms with Crippen LogP contribution in [-0.4, -0.2) is 28.4 Å². The van der Waals surface area contributed by atoms with Crippen molar-refractivity contribution in [3.8, 4) is 0 Å². The predicted molar refractivity (Wildman–Crippen MR) is 65.1 cm³/mol. The summed E-state index contributed by atoms with van der Waals surface area (Å²) in [5.74, 6) is -1.93.